The second kappa shape index (κ2) is 6.66. The lowest BCUT2D eigenvalue weighted by Gasteiger charge is -1.97. The average molecular weight is 325 g/mol. The highest BCUT2D eigenvalue weighted by atomic mass is 32.2. The summed E-state index contributed by atoms with van der Waals surface area (Å²) < 4.78 is 1.62. The first-order valence-electron chi connectivity index (χ1n) is 7.05. The third-order valence-corrected chi connectivity index (χ3v) is 4.41. The van der Waals surface area contributed by atoms with Crippen molar-refractivity contribution in [3.8, 4) is 5.88 Å². The van der Waals surface area contributed by atoms with Crippen molar-refractivity contribution in [3.05, 3.63) is 54.6 Å². The van der Waals surface area contributed by atoms with Gasteiger partial charge in [-0.05, 0) is 18.2 Å². The normalized spacial score (nSPS) is 11.3. The van der Waals surface area contributed by atoms with Crippen molar-refractivity contribution in [3.63, 3.8) is 0 Å². The highest BCUT2D eigenvalue weighted by molar-refractivity contribution is 8.00. The van der Waals surface area contributed by atoms with Gasteiger partial charge in [-0.1, -0.05) is 36.4 Å². The third kappa shape index (κ3) is 3.27. The highest BCUT2D eigenvalue weighted by Gasteiger charge is 2.14. The Bertz CT molecular complexity index is 872. The Morgan fingerprint density at radius 2 is 1.83 bits per heavy atom. The molecule has 6 heteroatoms. The molecular weight excluding hydrogens is 310 g/mol. The van der Waals surface area contributed by atoms with Gasteiger partial charge in [-0.15, -0.1) is 22.0 Å². The van der Waals surface area contributed by atoms with Crippen LogP contribution in [0.5, 0.6) is 5.88 Å². The van der Waals surface area contributed by atoms with Gasteiger partial charge in [0.25, 0.3) is 5.91 Å². The third-order valence-electron chi connectivity index (χ3n) is 3.42. The summed E-state index contributed by atoms with van der Waals surface area (Å²) in [5, 5.41) is 18.6. The van der Waals surface area contributed by atoms with Crippen LogP contribution >= 0.6 is 11.8 Å². The van der Waals surface area contributed by atoms with E-state index in [9.17, 15) is 9.90 Å². The number of benzene rings is 2. The van der Waals surface area contributed by atoms with Crippen LogP contribution in [0.1, 0.15) is 0 Å². The van der Waals surface area contributed by atoms with Crippen LogP contribution in [0.15, 0.2) is 69.7 Å². The zero-order chi connectivity index (χ0) is 16.2. The quantitative estimate of drug-likeness (QED) is 0.575. The Hall–Kier alpha value is -2.60. The molecule has 1 aromatic heterocycles. The number of aryl methyl sites for hydroxylation is 1. The molecule has 0 unspecified atom stereocenters. The summed E-state index contributed by atoms with van der Waals surface area (Å²) in [5.41, 5.74) is 1.16. The van der Waals surface area contributed by atoms with Crippen molar-refractivity contribution in [2.75, 3.05) is 5.75 Å². The van der Waals surface area contributed by atoms with E-state index in [4.69, 9.17) is 0 Å². The van der Waals surface area contributed by atoms with Crippen molar-refractivity contribution in [1.29, 1.82) is 0 Å². The minimum atomic E-state index is -0.341. The van der Waals surface area contributed by atoms with Gasteiger partial charge >= 0.3 is 0 Å². The van der Waals surface area contributed by atoms with E-state index in [1.807, 2.05) is 54.6 Å². The topological polar surface area (TPSA) is 66.9 Å². The predicted molar refractivity (Wildman–Crippen MR) is 91.3 cm³/mol. The number of amides is 1. The maximum atomic E-state index is 11.9. The summed E-state index contributed by atoms with van der Waals surface area (Å²) >= 11 is 1.41. The van der Waals surface area contributed by atoms with E-state index in [1.54, 1.807) is 11.6 Å². The minimum absolute atomic E-state index is 0.00142. The number of azo groups is 1. The molecule has 0 fully saturated rings. The van der Waals surface area contributed by atoms with E-state index in [0.717, 1.165) is 15.8 Å². The number of carbonyl (C=O) groups is 1. The van der Waals surface area contributed by atoms with Crippen LogP contribution < -0.4 is 0 Å². The van der Waals surface area contributed by atoms with Crippen LogP contribution in [0.3, 0.4) is 0 Å². The van der Waals surface area contributed by atoms with Gasteiger partial charge in [0, 0.05) is 17.3 Å². The number of aromatic nitrogens is 1. The summed E-state index contributed by atoms with van der Waals surface area (Å²) in [4.78, 5) is 12.9. The average Bonchev–Trinajstić information content (AvgIpc) is 2.83. The summed E-state index contributed by atoms with van der Waals surface area (Å²) in [6.07, 6.45) is 0. The lowest BCUT2D eigenvalue weighted by molar-refractivity contribution is -0.115. The molecular formula is C17H15N3O2S. The van der Waals surface area contributed by atoms with Crippen LogP contribution in [0.25, 0.3) is 10.9 Å². The van der Waals surface area contributed by atoms with Crippen LogP contribution in [0, 0.1) is 0 Å². The smallest absolute Gasteiger partial charge is 0.274 e. The van der Waals surface area contributed by atoms with Crippen LogP contribution in [0.4, 0.5) is 5.69 Å². The number of hydrogen-bond donors (Lipinski definition) is 1. The number of thioether (sulfide) groups is 1. The van der Waals surface area contributed by atoms with E-state index in [1.165, 1.54) is 11.8 Å². The molecule has 0 aliphatic carbocycles. The van der Waals surface area contributed by atoms with Gasteiger partial charge in [0.2, 0.25) is 5.88 Å². The fraction of sp³-hybridized carbons (Fsp3) is 0.118. The summed E-state index contributed by atoms with van der Waals surface area (Å²) in [6.45, 7) is 0. The van der Waals surface area contributed by atoms with Crippen molar-refractivity contribution < 1.29 is 9.90 Å². The second-order valence-electron chi connectivity index (χ2n) is 4.94. The largest absolute Gasteiger partial charge is 0.493 e. The molecule has 3 aromatic rings. The maximum absolute atomic E-state index is 11.9. The number of nitrogens with zero attached hydrogens (tertiary/aromatic N) is 3. The van der Waals surface area contributed by atoms with Crippen LogP contribution in [-0.2, 0) is 11.8 Å². The van der Waals surface area contributed by atoms with Gasteiger partial charge in [0.15, 0.2) is 5.69 Å². The van der Waals surface area contributed by atoms with E-state index >= 15 is 0 Å². The van der Waals surface area contributed by atoms with E-state index in [0.29, 0.717) is 5.69 Å². The summed E-state index contributed by atoms with van der Waals surface area (Å²) in [7, 11) is 1.74. The molecule has 0 aliphatic heterocycles. The molecule has 5 nitrogen and oxygen atoms in total. The van der Waals surface area contributed by atoms with Gasteiger partial charge in [-0.3, -0.25) is 4.79 Å². The predicted octanol–water partition coefficient (Wildman–Crippen LogP) is 4.29. The Labute approximate surface area is 137 Å². The molecule has 1 amide bonds. The van der Waals surface area contributed by atoms with E-state index < -0.39 is 0 Å². The van der Waals surface area contributed by atoms with E-state index in [-0.39, 0.29) is 17.5 Å². The van der Waals surface area contributed by atoms with Crippen molar-refractivity contribution in [1.82, 2.24) is 4.57 Å². The first-order valence-corrected chi connectivity index (χ1v) is 8.04. The number of fused-ring (bicyclic) bond motifs is 1. The molecule has 0 bridgehead atoms. The Morgan fingerprint density at radius 1 is 1.13 bits per heavy atom. The molecule has 2 aromatic carbocycles. The molecule has 1 heterocycles. The number of aromatic hydroxyl groups is 1. The molecule has 0 saturated carbocycles. The summed E-state index contributed by atoms with van der Waals surface area (Å²) in [5.74, 6) is -0.136. The van der Waals surface area contributed by atoms with Crippen molar-refractivity contribution >= 4 is 34.3 Å². The number of hydrogen-bond acceptors (Lipinski definition) is 4. The van der Waals surface area contributed by atoms with Crippen LogP contribution in [0.2, 0.25) is 0 Å². The van der Waals surface area contributed by atoms with Crippen LogP contribution in [-0.4, -0.2) is 21.3 Å². The standard InChI is InChI=1S/C17H15N3O2S/c1-20-14-10-6-5-9-13(14)16(17(20)22)19-18-15(21)11-23-12-7-3-2-4-8-12/h2-10,22H,11H2,1H3. The molecule has 116 valence electrons. The van der Waals surface area contributed by atoms with Gasteiger partial charge in [0.1, 0.15) is 0 Å². The summed E-state index contributed by atoms with van der Waals surface area (Å²) in [6, 6.07) is 17.1. The Kier molecular flexibility index (Phi) is 4.43. The zero-order valence-electron chi connectivity index (χ0n) is 12.5. The lowest BCUT2D eigenvalue weighted by Crippen LogP contribution is -1.95. The molecule has 1 N–H and O–H groups in total. The lowest BCUT2D eigenvalue weighted by atomic mass is 10.2. The molecule has 0 radical (unpaired) electrons. The fourth-order valence-corrected chi connectivity index (χ4v) is 2.95. The number of para-hydroxylation sites is 1. The fourth-order valence-electron chi connectivity index (χ4n) is 2.25. The highest BCUT2D eigenvalue weighted by Crippen LogP contribution is 2.37. The number of rotatable bonds is 4. The van der Waals surface area contributed by atoms with E-state index in [2.05, 4.69) is 10.2 Å². The van der Waals surface area contributed by atoms with Gasteiger partial charge < -0.3 is 9.67 Å². The second-order valence-corrected chi connectivity index (χ2v) is 5.99. The Balaban J connectivity index is 1.75. The SMILES string of the molecule is Cn1c(O)c(N=NC(=O)CSc2ccccc2)c2ccccc21. The van der Waals surface area contributed by atoms with Crippen molar-refractivity contribution in [2.45, 2.75) is 4.90 Å². The molecule has 0 spiro atoms. The molecule has 0 saturated heterocycles. The first kappa shape index (κ1) is 15.3. The van der Waals surface area contributed by atoms with Gasteiger partial charge in [0.05, 0.1) is 11.3 Å². The Morgan fingerprint density at radius 3 is 2.61 bits per heavy atom. The molecule has 23 heavy (non-hydrogen) atoms. The number of carbonyl (C=O) groups excluding carboxylic acids is 1. The van der Waals surface area contributed by atoms with Crippen molar-refractivity contribution in [2.24, 2.45) is 17.3 Å². The first-order chi connectivity index (χ1) is 11.2. The molecule has 0 aliphatic rings. The van der Waals surface area contributed by atoms with Gasteiger partial charge in [-0.25, -0.2) is 0 Å². The maximum Gasteiger partial charge on any atom is 0.274 e. The monoisotopic (exact) mass is 325 g/mol. The minimum Gasteiger partial charge on any atom is -0.493 e. The van der Waals surface area contributed by atoms with Gasteiger partial charge in [-0.2, -0.15) is 0 Å². The zero-order valence-corrected chi connectivity index (χ0v) is 13.3. The molecule has 0 atom stereocenters. The molecule has 3 rings (SSSR count).